The molecule has 0 atom stereocenters. The van der Waals surface area contributed by atoms with Gasteiger partial charge >= 0.3 is 0 Å². The molecular formula is C20H24N4O. The number of hydrogen-bond acceptors (Lipinski definition) is 4. The number of ether oxygens (including phenoxy) is 1. The van der Waals surface area contributed by atoms with E-state index in [-0.39, 0.29) is 0 Å². The Balaban J connectivity index is 1.57. The highest BCUT2D eigenvalue weighted by Gasteiger charge is 2.16. The smallest absolute Gasteiger partial charge is 0.145 e. The van der Waals surface area contributed by atoms with Crippen molar-refractivity contribution in [3.05, 3.63) is 48.4 Å². The summed E-state index contributed by atoms with van der Waals surface area (Å²) >= 11 is 0. The summed E-state index contributed by atoms with van der Waals surface area (Å²) in [6.07, 6.45) is 10.2. The minimum atomic E-state index is 0.539. The molecule has 0 spiro atoms. The fraction of sp³-hybridized carbons (Fsp3) is 0.400. The molecule has 0 aliphatic heterocycles. The lowest BCUT2D eigenvalue weighted by atomic mass is 9.95. The molecule has 5 nitrogen and oxygen atoms in total. The zero-order valence-electron chi connectivity index (χ0n) is 14.6. The predicted molar refractivity (Wildman–Crippen MR) is 100 cm³/mol. The third-order valence-corrected chi connectivity index (χ3v) is 5.01. The average molecular weight is 336 g/mol. The van der Waals surface area contributed by atoms with E-state index in [9.17, 15) is 0 Å². The lowest BCUT2D eigenvalue weighted by molar-refractivity contribution is 0.414. The number of nitrogens with zero attached hydrogens (tertiary/aromatic N) is 3. The Morgan fingerprint density at radius 2 is 1.88 bits per heavy atom. The second-order valence-electron chi connectivity index (χ2n) is 6.73. The van der Waals surface area contributed by atoms with E-state index in [1.54, 1.807) is 13.4 Å². The predicted octanol–water partition coefficient (Wildman–Crippen LogP) is 4.23. The van der Waals surface area contributed by atoms with Crippen LogP contribution in [0.2, 0.25) is 0 Å². The molecule has 3 aromatic rings. The highest BCUT2D eigenvalue weighted by Crippen LogP contribution is 2.26. The van der Waals surface area contributed by atoms with Crippen molar-refractivity contribution in [1.29, 1.82) is 0 Å². The lowest BCUT2D eigenvalue weighted by Crippen LogP contribution is -2.22. The van der Waals surface area contributed by atoms with Crippen LogP contribution in [-0.4, -0.2) is 27.7 Å². The van der Waals surface area contributed by atoms with Gasteiger partial charge in [0.2, 0.25) is 0 Å². The van der Waals surface area contributed by atoms with Crippen LogP contribution in [0.25, 0.3) is 11.0 Å². The summed E-state index contributed by atoms with van der Waals surface area (Å²) in [5.74, 6) is 1.84. The molecule has 1 saturated carbocycles. The maximum atomic E-state index is 5.23. The molecule has 2 heterocycles. The molecule has 0 bridgehead atoms. The molecular weight excluding hydrogens is 312 g/mol. The first-order chi connectivity index (χ1) is 12.3. The van der Waals surface area contributed by atoms with Crippen LogP contribution < -0.4 is 10.1 Å². The van der Waals surface area contributed by atoms with Gasteiger partial charge in [-0.3, -0.25) is 0 Å². The third kappa shape index (κ3) is 3.45. The van der Waals surface area contributed by atoms with Gasteiger partial charge in [0.1, 0.15) is 23.5 Å². The largest absolute Gasteiger partial charge is 0.497 e. The van der Waals surface area contributed by atoms with Crippen LogP contribution in [0, 0.1) is 0 Å². The molecule has 1 aliphatic rings. The van der Waals surface area contributed by atoms with E-state index < -0.39 is 0 Å². The van der Waals surface area contributed by atoms with Gasteiger partial charge in [-0.2, -0.15) is 0 Å². The van der Waals surface area contributed by atoms with Crippen LogP contribution in [-0.2, 0) is 6.54 Å². The maximum absolute atomic E-state index is 5.23. The summed E-state index contributed by atoms with van der Waals surface area (Å²) in [7, 11) is 1.69. The van der Waals surface area contributed by atoms with Crippen LogP contribution >= 0.6 is 0 Å². The minimum Gasteiger partial charge on any atom is -0.497 e. The molecule has 5 heteroatoms. The maximum Gasteiger partial charge on any atom is 0.145 e. The summed E-state index contributed by atoms with van der Waals surface area (Å²) in [6.45, 7) is 0.785. The molecule has 0 unspecified atom stereocenters. The van der Waals surface area contributed by atoms with Gasteiger partial charge in [0.05, 0.1) is 12.5 Å². The SMILES string of the molecule is COc1ccc(Cn2ccc3c(NC4CCCCC4)ncnc32)cc1. The molecule has 1 aliphatic carbocycles. The van der Waals surface area contributed by atoms with Gasteiger partial charge in [0, 0.05) is 18.8 Å². The Kier molecular flexibility index (Phi) is 4.55. The van der Waals surface area contributed by atoms with Gasteiger partial charge in [-0.05, 0) is 36.6 Å². The summed E-state index contributed by atoms with van der Waals surface area (Å²) in [5, 5.41) is 4.73. The summed E-state index contributed by atoms with van der Waals surface area (Å²) in [4.78, 5) is 9.00. The molecule has 130 valence electrons. The van der Waals surface area contributed by atoms with Crippen LogP contribution in [0.1, 0.15) is 37.7 Å². The van der Waals surface area contributed by atoms with E-state index in [0.29, 0.717) is 6.04 Å². The second-order valence-corrected chi connectivity index (χ2v) is 6.73. The third-order valence-electron chi connectivity index (χ3n) is 5.01. The first-order valence-corrected chi connectivity index (χ1v) is 9.03. The zero-order valence-corrected chi connectivity index (χ0v) is 14.6. The number of anilines is 1. The molecule has 0 saturated heterocycles. The average Bonchev–Trinajstić information content (AvgIpc) is 3.07. The fourth-order valence-corrected chi connectivity index (χ4v) is 3.61. The number of methoxy groups -OCH3 is 1. The van der Waals surface area contributed by atoms with E-state index in [0.717, 1.165) is 29.1 Å². The second kappa shape index (κ2) is 7.13. The number of rotatable bonds is 5. The van der Waals surface area contributed by atoms with Crippen molar-refractivity contribution in [3.63, 3.8) is 0 Å². The van der Waals surface area contributed by atoms with Crippen molar-refractivity contribution >= 4 is 16.9 Å². The van der Waals surface area contributed by atoms with E-state index >= 15 is 0 Å². The molecule has 1 N–H and O–H groups in total. The number of aromatic nitrogens is 3. The van der Waals surface area contributed by atoms with Gasteiger partial charge in [-0.25, -0.2) is 9.97 Å². The Labute approximate surface area is 148 Å². The van der Waals surface area contributed by atoms with Crippen LogP contribution in [0.4, 0.5) is 5.82 Å². The number of benzene rings is 1. The normalized spacial score (nSPS) is 15.4. The minimum absolute atomic E-state index is 0.539. The molecule has 0 radical (unpaired) electrons. The van der Waals surface area contributed by atoms with Gasteiger partial charge < -0.3 is 14.6 Å². The van der Waals surface area contributed by atoms with Gasteiger partial charge in [0.25, 0.3) is 0 Å². The van der Waals surface area contributed by atoms with Crippen molar-refractivity contribution in [3.8, 4) is 5.75 Å². The van der Waals surface area contributed by atoms with Crippen molar-refractivity contribution < 1.29 is 4.74 Å². The first-order valence-electron chi connectivity index (χ1n) is 9.03. The number of hydrogen-bond donors (Lipinski definition) is 1. The van der Waals surface area contributed by atoms with Crippen molar-refractivity contribution in [2.45, 2.75) is 44.7 Å². The number of nitrogens with one attached hydrogen (secondary N) is 1. The van der Waals surface area contributed by atoms with E-state index in [2.05, 4.69) is 44.2 Å². The van der Waals surface area contributed by atoms with Gasteiger partial charge in [-0.15, -0.1) is 0 Å². The summed E-state index contributed by atoms with van der Waals surface area (Å²) in [6, 6.07) is 10.8. The lowest BCUT2D eigenvalue weighted by Gasteiger charge is -2.23. The van der Waals surface area contributed by atoms with Crippen LogP contribution in [0.5, 0.6) is 5.75 Å². The Morgan fingerprint density at radius 1 is 1.08 bits per heavy atom. The molecule has 1 fully saturated rings. The quantitative estimate of drug-likeness (QED) is 0.757. The Morgan fingerprint density at radius 3 is 2.64 bits per heavy atom. The standard InChI is InChI=1S/C20H24N4O/c1-25-17-9-7-15(8-10-17)13-24-12-11-18-19(21-14-22-20(18)24)23-16-5-3-2-4-6-16/h7-12,14,16H,2-6,13H2,1H3,(H,21,22,23). The molecule has 1 aromatic carbocycles. The van der Waals surface area contributed by atoms with Gasteiger partial charge in [-0.1, -0.05) is 31.4 Å². The highest BCUT2D eigenvalue weighted by atomic mass is 16.5. The Bertz CT molecular complexity index is 835. The highest BCUT2D eigenvalue weighted by molar-refractivity contribution is 5.87. The topological polar surface area (TPSA) is 52.0 Å². The zero-order chi connectivity index (χ0) is 17.1. The van der Waals surface area contributed by atoms with E-state index in [1.165, 1.54) is 37.7 Å². The molecule has 25 heavy (non-hydrogen) atoms. The van der Waals surface area contributed by atoms with Crippen molar-refractivity contribution in [1.82, 2.24) is 14.5 Å². The summed E-state index contributed by atoms with van der Waals surface area (Å²) < 4.78 is 7.40. The summed E-state index contributed by atoms with van der Waals surface area (Å²) in [5.41, 5.74) is 2.20. The monoisotopic (exact) mass is 336 g/mol. The van der Waals surface area contributed by atoms with Crippen LogP contribution in [0.3, 0.4) is 0 Å². The van der Waals surface area contributed by atoms with E-state index in [4.69, 9.17) is 4.74 Å². The van der Waals surface area contributed by atoms with Gasteiger partial charge in [0.15, 0.2) is 0 Å². The Hall–Kier alpha value is -2.56. The number of fused-ring (bicyclic) bond motifs is 1. The van der Waals surface area contributed by atoms with Crippen LogP contribution in [0.15, 0.2) is 42.9 Å². The molecule has 2 aromatic heterocycles. The first kappa shape index (κ1) is 15.9. The van der Waals surface area contributed by atoms with E-state index in [1.807, 2.05) is 12.1 Å². The van der Waals surface area contributed by atoms with Crippen molar-refractivity contribution in [2.24, 2.45) is 0 Å². The molecule has 0 amide bonds. The molecule has 4 rings (SSSR count). The van der Waals surface area contributed by atoms with Crippen molar-refractivity contribution in [2.75, 3.05) is 12.4 Å². The fourth-order valence-electron chi connectivity index (χ4n) is 3.61.